The van der Waals surface area contributed by atoms with Gasteiger partial charge in [0.05, 0.1) is 18.3 Å². The van der Waals surface area contributed by atoms with Gasteiger partial charge in [-0.05, 0) is 35.4 Å². The highest BCUT2D eigenvalue weighted by Crippen LogP contribution is 2.47. The molecule has 0 unspecified atom stereocenters. The van der Waals surface area contributed by atoms with E-state index in [-0.39, 0.29) is 18.4 Å². The number of nitrogens with zero attached hydrogens (tertiary/aromatic N) is 2. The number of benzene rings is 3. The summed E-state index contributed by atoms with van der Waals surface area (Å²) in [5, 5.41) is 2.25. The minimum Gasteiger partial charge on any atom is -0.275 e. The molecule has 5 nitrogen and oxygen atoms in total. The fourth-order valence-electron chi connectivity index (χ4n) is 4.22. The van der Waals surface area contributed by atoms with Crippen molar-refractivity contribution < 1.29 is 14.4 Å². The first kappa shape index (κ1) is 18.9. The molecule has 2 aliphatic rings. The van der Waals surface area contributed by atoms with Crippen molar-refractivity contribution in [3.8, 4) is 0 Å². The van der Waals surface area contributed by atoms with Crippen LogP contribution < -0.4 is 5.06 Å². The lowest BCUT2D eigenvalue weighted by atomic mass is 9.90. The maximum Gasteiger partial charge on any atom is 0.262 e. The topological polar surface area (TPSA) is 49.9 Å². The third-order valence-corrected chi connectivity index (χ3v) is 5.83. The van der Waals surface area contributed by atoms with Crippen molar-refractivity contribution in [1.29, 1.82) is 0 Å². The van der Waals surface area contributed by atoms with Gasteiger partial charge in [0.2, 0.25) is 5.91 Å². The SMILES string of the molecule is O=C1[C@@H]2[C@H](ON(c3ccccc3)[C@H]2c2cccc(Cl)c2)C(=O)N1Cc1ccccc1. The Kier molecular flexibility index (Phi) is 4.77. The molecule has 0 aromatic heterocycles. The van der Waals surface area contributed by atoms with Crippen LogP contribution in [0.1, 0.15) is 17.2 Å². The van der Waals surface area contributed by atoms with Gasteiger partial charge in [0, 0.05) is 5.02 Å². The molecule has 2 amide bonds. The van der Waals surface area contributed by atoms with Crippen molar-refractivity contribution >= 4 is 29.1 Å². The van der Waals surface area contributed by atoms with Gasteiger partial charge in [-0.3, -0.25) is 19.3 Å². The van der Waals surface area contributed by atoms with Crippen molar-refractivity contribution in [2.75, 3.05) is 5.06 Å². The van der Waals surface area contributed by atoms with E-state index in [0.29, 0.717) is 5.02 Å². The lowest BCUT2D eigenvalue weighted by Crippen LogP contribution is -2.36. The number of anilines is 1. The number of hydrogen-bond acceptors (Lipinski definition) is 4. The van der Waals surface area contributed by atoms with Gasteiger partial charge in [-0.1, -0.05) is 72.3 Å². The third-order valence-electron chi connectivity index (χ3n) is 5.59. The van der Waals surface area contributed by atoms with Gasteiger partial charge >= 0.3 is 0 Å². The fraction of sp³-hybridized carbons (Fsp3) is 0.167. The summed E-state index contributed by atoms with van der Waals surface area (Å²) in [6.45, 7) is 0.239. The Morgan fingerprint density at radius 1 is 0.833 bits per heavy atom. The number of imide groups is 1. The number of likely N-dealkylation sites (tertiary alicyclic amines) is 1. The average molecular weight is 419 g/mol. The normalized spacial score (nSPS) is 23.2. The molecule has 150 valence electrons. The second-order valence-electron chi connectivity index (χ2n) is 7.46. The molecule has 0 bridgehead atoms. The van der Waals surface area contributed by atoms with Crippen molar-refractivity contribution in [3.05, 3.63) is 101 Å². The molecule has 0 radical (unpaired) electrons. The molecule has 0 aliphatic carbocycles. The number of halogens is 1. The highest BCUT2D eigenvalue weighted by molar-refractivity contribution is 6.30. The molecule has 5 rings (SSSR count). The first-order chi connectivity index (χ1) is 14.6. The number of hydroxylamine groups is 1. The van der Waals surface area contributed by atoms with Crippen LogP contribution in [0.2, 0.25) is 5.02 Å². The summed E-state index contributed by atoms with van der Waals surface area (Å²) in [6.07, 6.45) is -0.856. The molecule has 2 fully saturated rings. The van der Waals surface area contributed by atoms with E-state index in [1.165, 1.54) is 4.90 Å². The van der Waals surface area contributed by atoms with Crippen molar-refractivity contribution in [3.63, 3.8) is 0 Å². The predicted octanol–water partition coefficient (Wildman–Crippen LogP) is 4.39. The van der Waals surface area contributed by atoms with Crippen LogP contribution in [0.3, 0.4) is 0 Å². The van der Waals surface area contributed by atoms with Crippen LogP contribution in [0, 0.1) is 5.92 Å². The summed E-state index contributed by atoms with van der Waals surface area (Å²) < 4.78 is 0. The molecule has 30 heavy (non-hydrogen) atoms. The average Bonchev–Trinajstić information content (AvgIpc) is 3.27. The van der Waals surface area contributed by atoms with E-state index in [4.69, 9.17) is 16.4 Å². The lowest BCUT2D eigenvalue weighted by Gasteiger charge is -2.28. The van der Waals surface area contributed by atoms with Crippen LogP contribution in [0.15, 0.2) is 84.9 Å². The van der Waals surface area contributed by atoms with Gasteiger partial charge < -0.3 is 0 Å². The van der Waals surface area contributed by atoms with E-state index in [1.807, 2.05) is 78.9 Å². The molecule has 0 spiro atoms. The molecule has 6 heteroatoms. The van der Waals surface area contributed by atoms with E-state index in [0.717, 1.165) is 16.8 Å². The number of amides is 2. The summed E-state index contributed by atoms with van der Waals surface area (Å²) >= 11 is 6.24. The largest absolute Gasteiger partial charge is 0.275 e. The highest BCUT2D eigenvalue weighted by Gasteiger charge is 2.59. The van der Waals surface area contributed by atoms with E-state index >= 15 is 0 Å². The molecule has 2 aliphatic heterocycles. The van der Waals surface area contributed by atoms with Crippen LogP contribution in [-0.4, -0.2) is 22.8 Å². The minimum absolute atomic E-state index is 0.225. The zero-order chi connectivity index (χ0) is 20.7. The molecule has 2 saturated heterocycles. The summed E-state index contributed by atoms with van der Waals surface area (Å²) in [5.41, 5.74) is 2.52. The van der Waals surface area contributed by atoms with Crippen LogP contribution >= 0.6 is 11.6 Å². The first-order valence-electron chi connectivity index (χ1n) is 9.79. The highest BCUT2D eigenvalue weighted by atomic mass is 35.5. The first-order valence-corrected chi connectivity index (χ1v) is 10.2. The Morgan fingerprint density at radius 3 is 2.23 bits per heavy atom. The molecule has 3 atom stereocenters. The number of rotatable bonds is 4. The van der Waals surface area contributed by atoms with E-state index in [1.54, 1.807) is 11.1 Å². The molecule has 2 heterocycles. The third kappa shape index (κ3) is 3.16. The molecular formula is C24H19ClN2O3. The Hall–Kier alpha value is -3.15. The molecular weight excluding hydrogens is 400 g/mol. The van der Waals surface area contributed by atoms with Crippen LogP contribution in [-0.2, 0) is 21.0 Å². The van der Waals surface area contributed by atoms with Crippen LogP contribution in [0.25, 0.3) is 0 Å². The molecule has 3 aromatic rings. The van der Waals surface area contributed by atoms with Gasteiger partial charge in [0.1, 0.15) is 5.92 Å². The summed E-state index contributed by atoms with van der Waals surface area (Å²) in [4.78, 5) is 34.0. The zero-order valence-electron chi connectivity index (χ0n) is 16.0. The maximum absolute atomic E-state index is 13.4. The fourth-order valence-corrected chi connectivity index (χ4v) is 4.42. The van der Waals surface area contributed by atoms with Gasteiger partial charge in [0.25, 0.3) is 5.91 Å². The van der Waals surface area contributed by atoms with Crippen molar-refractivity contribution in [2.24, 2.45) is 5.92 Å². The summed E-state index contributed by atoms with van der Waals surface area (Å²) in [6, 6.07) is 25.9. The summed E-state index contributed by atoms with van der Waals surface area (Å²) in [5.74, 6) is -1.17. The van der Waals surface area contributed by atoms with Crippen molar-refractivity contribution in [2.45, 2.75) is 18.7 Å². The van der Waals surface area contributed by atoms with Crippen LogP contribution in [0.4, 0.5) is 5.69 Å². The standard InChI is InChI=1S/C24H19ClN2O3/c25-18-11-7-10-17(14-18)21-20-22(30-27(21)19-12-5-2-6-13-19)24(29)26(23(20)28)15-16-8-3-1-4-9-16/h1-14,20-22H,15H2/t20-,21-,22-/m0/s1. The van der Waals surface area contributed by atoms with Crippen LogP contribution in [0.5, 0.6) is 0 Å². The number of para-hydroxylation sites is 1. The second kappa shape index (κ2) is 7.59. The van der Waals surface area contributed by atoms with Crippen molar-refractivity contribution in [1.82, 2.24) is 4.90 Å². The summed E-state index contributed by atoms with van der Waals surface area (Å²) in [7, 11) is 0. The maximum atomic E-state index is 13.4. The quantitative estimate of drug-likeness (QED) is 0.590. The number of carbonyl (C=O) groups excluding carboxylic acids is 2. The van der Waals surface area contributed by atoms with Gasteiger partial charge in [-0.25, -0.2) is 5.06 Å². The van der Waals surface area contributed by atoms with Gasteiger partial charge in [-0.15, -0.1) is 0 Å². The molecule has 0 saturated carbocycles. The van der Waals surface area contributed by atoms with E-state index < -0.39 is 18.1 Å². The Bertz CT molecular complexity index is 1090. The smallest absolute Gasteiger partial charge is 0.262 e. The molecule has 3 aromatic carbocycles. The minimum atomic E-state index is -0.856. The Labute approximate surface area is 179 Å². The monoisotopic (exact) mass is 418 g/mol. The number of hydrogen-bond donors (Lipinski definition) is 0. The second-order valence-corrected chi connectivity index (χ2v) is 7.90. The van der Waals surface area contributed by atoms with E-state index in [2.05, 4.69) is 0 Å². The molecule has 0 N–H and O–H groups in total. The number of fused-ring (bicyclic) bond motifs is 1. The Morgan fingerprint density at radius 2 is 1.53 bits per heavy atom. The lowest BCUT2D eigenvalue weighted by molar-refractivity contribution is -0.143. The van der Waals surface area contributed by atoms with Gasteiger partial charge in [0.15, 0.2) is 6.10 Å². The Balaban J connectivity index is 1.53. The van der Waals surface area contributed by atoms with Gasteiger partial charge in [-0.2, -0.15) is 0 Å². The number of carbonyl (C=O) groups is 2. The predicted molar refractivity (Wildman–Crippen MR) is 113 cm³/mol. The zero-order valence-corrected chi connectivity index (χ0v) is 16.8. The van der Waals surface area contributed by atoms with E-state index in [9.17, 15) is 9.59 Å².